The summed E-state index contributed by atoms with van der Waals surface area (Å²) in [6, 6.07) is 1.93. The molecule has 0 amide bonds. The van der Waals surface area contributed by atoms with E-state index in [1.807, 2.05) is 16.3 Å². The summed E-state index contributed by atoms with van der Waals surface area (Å²) in [6.45, 7) is 1.16. The van der Waals surface area contributed by atoms with Crippen LogP contribution in [0.15, 0.2) is 15.9 Å². The number of nitrogens with zero attached hydrogens (tertiary/aromatic N) is 1. The second-order valence-corrected chi connectivity index (χ2v) is 6.35. The summed E-state index contributed by atoms with van der Waals surface area (Å²) in [6.07, 6.45) is -5.03. The number of aliphatic hydroxyl groups is 1. The van der Waals surface area contributed by atoms with E-state index in [9.17, 15) is 18.3 Å². The third kappa shape index (κ3) is 2.89. The fourth-order valence-corrected chi connectivity index (χ4v) is 3.52. The molecule has 1 aromatic rings. The van der Waals surface area contributed by atoms with Crippen molar-refractivity contribution in [1.82, 2.24) is 4.90 Å². The molecule has 2 nitrogen and oxygen atoms in total. The Hall–Kier alpha value is -0.110. The Labute approximate surface area is 116 Å². The van der Waals surface area contributed by atoms with Gasteiger partial charge in [-0.25, -0.2) is 0 Å². The standard InChI is InChI=1S/C11H13BrF3NOS/c12-8-1-6-18-9(8)7-16-4-2-10(17,3-5-16)11(13,14)15/h1,6,17H,2-5,7H2. The average molecular weight is 344 g/mol. The van der Waals surface area contributed by atoms with Crippen LogP contribution in [0.1, 0.15) is 17.7 Å². The van der Waals surface area contributed by atoms with Crippen molar-refractivity contribution in [1.29, 1.82) is 0 Å². The van der Waals surface area contributed by atoms with E-state index in [0.717, 1.165) is 9.35 Å². The van der Waals surface area contributed by atoms with Gasteiger partial charge in [-0.1, -0.05) is 0 Å². The third-order valence-corrected chi connectivity index (χ3v) is 5.18. The van der Waals surface area contributed by atoms with E-state index in [1.54, 1.807) is 11.3 Å². The molecule has 102 valence electrons. The predicted molar refractivity (Wildman–Crippen MR) is 67.5 cm³/mol. The van der Waals surface area contributed by atoms with Crippen molar-refractivity contribution in [2.24, 2.45) is 0 Å². The lowest BCUT2D eigenvalue weighted by atomic mass is 9.91. The Morgan fingerprint density at radius 3 is 2.44 bits per heavy atom. The van der Waals surface area contributed by atoms with Crippen molar-refractivity contribution < 1.29 is 18.3 Å². The smallest absolute Gasteiger partial charge is 0.380 e. The first-order valence-corrected chi connectivity index (χ1v) is 7.22. The molecular weight excluding hydrogens is 331 g/mol. The number of thiophene rings is 1. The lowest BCUT2D eigenvalue weighted by Gasteiger charge is -2.39. The van der Waals surface area contributed by atoms with Gasteiger partial charge in [-0.05, 0) is 40.2 Å². The Kier molecular flexibility index (Phi) is 4.06. The lowest BCUT2D eigenvalue weighted by Crippen LogP contribution is -2.53. The molecule has 1 aromatic heterocycles. The van der Waals surface area contributed by atoms with Gasteiger partial charge < -0.3 is 5.11 Å². The van der Waals surface area contributed by atoms with Crippen LogP contribution < -0.4 is 0 Å². The first-order valence-electron chi connectivity index (χ1n) is 5.55. The molecule has 0 aromatic carbocycles. The van der Waals surface area contributed by atoms with Gasteiger partial charge in [0.2, 0.25) is 0 Å². The monoisotopic (exact) mass is 343 g/mol. The van der Waals surface area contributed by atoms with Gasteiger partial charge in [0.25, 0.3) is 0 Å². The zero-order chi connectivity index (χ0) is 13.4. The summed E-state index contributed by atoms with van der Waals surface area (Å²) < 4.78 is 38.9. The summed E-state index contributed by atoms with van der Waals surface area (Å²) in [5.41, 5.74) is -2.50. The minimum Gasteiger partial charge on any atom is -0.380 e. The van der Waals surface area contributed by atoms with Crippen molar-refractivity contribution in [2.75, 3.05) is 13.1 Å². The summed E-state index contributed by atoms with van der Waals surface area (Å²) in [4.78, 5) is 3.05. The van der Waals surface area contributed by atoms with Crippen molar-refractivity contribution in [3.63, 3.8) is 0 Å². The molecule has 0 radical (unpaired) electrons. The number of hydrogen-bond donors (Lipinski definition) is 1. The highest BCUT2D eigenvalue weighted by Crippen LogP contribution is 2.38. The fraction of sp³-hybridized carbons (Fsp3) is 0.636. The van der Waals surface area contributed by atoms with E-state index < -0.39 is 11.8 Å². The van der Waals surface area contributed by atoms with Crippen LogP contribution in [0, 0.1) is 0 Å². The number of alkyl halides is 3. The molecule has 1 fully saturated rings. The molecule has 0 saturated carbocycles. The predicted octanol–water partition coefficient (Wildman–Crippen LogP) is 3.40. The van der Waals surface area contributed by atoms with Crippen LogP contribution in [0.2, 0.25) is 0 Å². The van der Waals surface area contributed by atoms with E-state index in [0.29, 0.717) is 6.54 Å². The molecule has 7 heteroatoms. The van der Waals surface area contributed by atoms with E-state index in [1.165, 1.54) is 0 Å². The Bertz CT molecular complexity index is 413. The van der Waals surface area contributed by atoms with Crippen LogP contribution in [0.3, 0.4) is 0 Å². The molecule has 0 unspecified atom stereocenters. The van der Waals surface area contributed by atoms with Crippen molar-refractivity contribution in [3.8, 4) is 0 Å². The van der Waals surface area contributed by atoms with Gasteiger partial charge in [0.1, 0.15) is 0 Å². The average Bonchev–Trinajstić information content (AvgIpc) is 2.66. The zero-order valence-corrected chi connectivity index (χ0v) is 11.9. The van der Waals surface area contributed by atoms with Gasteiger partial charge in [0, 0.05) is 29.0 Å². The first kappa shape index (κ1) is 14.3. The minimum atomic E-state index is -4.53. The van der Waals surface area contributed by atoms with Gasteiger partial charge >= 0.3 is 6.18 Å². The maximum atomic E-state index is 12.6. The van der Waals surface area contributed by atoms with Crippen molar-refractivity contribution in [2.45, 2.75) is 31.2 Å². The molecule has 1 N–H and O–H groups in total. The summed E-state index contributed by atoms with van der Waals surface area (Å²) in [7, 11) is 0. The van der Waals surface area contributed by atoms with E-state index in [2.05, 4.69) is 15.9 Å². The highest BCUT2D eigenvalue weighted by atomic mass is 79.9. The zero-order valence-electron chi connectivity index (χ0n) is 9.50. The molecule has 1 aliphatic rings. The van der Waals surface area contributed by atoms with Crippen LogP contribution in [-0.2, 0) is 6.54 Å². The quantitative estimate of drug-likeness (QED) is 0.889. The summed E-state index contributed by atoms with van der Waals surface area (Å²) in [5.74, 6) is 0. The van der Waals surface area contributed by atoms with Gasteiger partial charge in [0.15, 0.2) is 5.60 Å². The second-order valence-electron chi connectivity index (χ2n) is 4.50. The molecule has 18 heavy (non-hydrogen) atoms. The Morgan fingerprint density at radius 2 is 2.00 bits per heavy atom. The van der Waals surface area contributed by atoms with Crippen molar-refractivity contribution in [3.05, 3.63) is 20.8 Å². The molecular formula is C11H13BrF3NOS. The number of halogens is 4. The highest BCUT2D eigenvalue weighted by Gasteiger charge is 2.54. The molecule has 2 heterocycles. The fourth-order valence-electron chi connectivity index (χ4n) is 2.01. The topological polar surface area (TPSA) is 23.5 Å². The maximum Gasteiger partial charge on any atom is 0.417 e. The number of piperidine rings is 1. The maximum absolute atomic E-state index is 12.6. The van der Waals surface area contributed by atoms with Crippen LogP contribution in [-0.4, -0.2) is 34.9 Å². The van der Waals surface area contributed by atoms with Crippen LogP contribution in [0.4, 0.5) is 13.2 Å². The van der Waals surface area contributed by atoms with Crippen molar-refractivity contribution >= 4 is 27.3 Å². The second kappa shape index (κ2) is 5.11. The van der Waals surface area contributed by atoms with E-state index in [-0.39, 0.29) is 25.9 Å². The lowest BCUT2D eigenvalue weighted by molar-refractivity contribution is -0.272. The summed E-state index contributed by atoms with van der Waals surface area (Å²) >= 11 is 4.98. The third-order valence-electron chi connectivity index (χ3n) is 3.27. The molecule has 1 saturated heterocycles. The molecule has 0 bridgehead atoms. The van der Waals surface area contributed by atoms with E-state index in [4.69, 9.17) is 0 Å². The van der Waals surface area contributed by atoms with Gasteiger partial charge in [0.05, 0.1) is 0 Å². The minimum absolute atomic E-state index is 0.251. The van der Waals surface area contributed by atoms with Gasteiger partial charge in [-0.3, -0.25) is 4.90 Å². The normalized spacial score (nSPS) is 21.2. The number of rotatable bonds is 2. The largest absolute Gasteiger partial charge is 0.417 e. The SMILES string of the molecule is OC1(C(F)(F)F)CCN(Cc2sccc2Br)CC1. The first-order chi connectivity index (χ1) is 8.32. The van der Waals surface area contributed by atoms with Crippen LogP contribution in [0.5, 0.6) is 0 Å². The Morgan fingerprint density at radius 1 is 1.39 bits per heavy atom. The molecule has 2 rings (SSSR count). The summed E-state index contributed by atoms with van der Waals surface area (Å²) in [5, 5.41) is 11.5. The molecule has 0 aliphatic carbocycles. The van der Waals surface area contributed by atoms with Gasteiger partial charge in [-0.15, -0.1) is 11.3 Å². The molecule has 1 aliphatic heterocycles. The molecule has 0 atom stereocenters. The number of hydrogen-bond acceptors (Lipinski definition) is 3. The highest BCUT2D eigenvalue weighted by molar-refractivity contribution is 9.10. The van der Waals surface area contributed by atoms with Gasteiger partial charge in [-0.2, -0.15) is 13.2 Å². The Balaban J connectivity index is 1.93. The number of likely N-dealkylation sites (tertiary alicyclic amines) is 1. The van der Waals surface area contributed by atoms with Crippen LogP contribution >= 0.6 is 27.3 Å². The van der Waals surface area contributed by atoms with Crippen LogP contribution in [0.25, 0.3) is 0 Å². The van der Waals surface area contributed by atoms with E-state index >= 15 is 0 Å². The molecule has 0 spiro atoms.